The molecule has 7 aromatic rings. The molecule has 0 aromatic heterocycles. The van der Waals surface area contributed by atoms with Gasteiger partial charge in [-0.15, -0.1) is 0 Å². The van der Waals surface area contributed by atoms with E-state index in [4.69, 9.17) is 4.74 Å². The Hall–Kier alpha value is -5.60. The molecule has 2 atom stereocenters. The van der Waals surface area contributed by atoms with Crippen LogP contribution in [0.4, 0.5) is 11.4 Å². The maximum Gasteiger partial charge on any atom is 0.227 e. The van der Waals surface area contributed by atoms with Crippen LogP contribution in [0.25, 0.3) is 0 Å². The van der Waals surface area contributed by atoms with E-state index in [0.29, 0.717) is 27.0 Å². The van der Waals surface area contributed by atoms with Crippen LogP contribution in [0.1, 0.15) is 50.6 Å². The van der Waals surface area contributed by atoms with E-state index in [2.05, 4.69) is 22.3 Å². The van der Waals surface area contributed by atoms with E-state index in [9.17, 15) is 0 Å². The van der Waals surface area contributed by atoms with Crippen molar-refractivity contribution < 1.29 is 13.9 Å². The summed E-state index contributed by atoms with van der Waals surface area (Å²) >= 11 is 0. The molecule has 0 heterocycles. The Kier molecular flexibility index (Phi) is 11.2. The molecule has 0 radical (unpaired) electrons. The molecule has 282 valence electrons. The fourth-order valence-electron chi connectivity index (χ4n) is 6.93. The van der Waals surface area contributed by atoms with Crippen molar-refractivity contribution in [3.8, 4) is 5.75 Å². The van der Waals surface area contributed by atoms with E-state index in [1.165, 1.54) is 0 Å². The topological polar surface area (TPSA) is 67.4 Å². The number of nitrogens with one attached hydrogen (secondary N) is 2. The number of para-hydroxylation sites is 1. The zero-order chi connectivity index (χ0) is 39.5. The smallest absolute Gasteiger partial charge is 0.227 e. The summed E-state index contributed by atoms with van der Waals surface area (Å²) in [7, 11) is -7.25. The third-order valence-electron chi connectivity index (χ3n) is 10.1. The minimum absolute atomic E-state index is 0.609. The average Bonchev–Trinajstić information content (AvgIpc) is 3.19. The molecule has 2 N–H and O–H groups in total. The molecule has 2 unspecified atom stereocenters. The highest BCUT2D eigenvalue weighted by Crippen LogP contribution is 2.49. The molecule has 7 aromatic carbocycles. The molecule has 0 aliphatic heterocycles. The number of ether oxygens (including phenoxy) is 1. The highest BCUT2D eigenvalue weighted by Gasteiger charge is 2.38. The number of rotatable bonds is 12. The second-order valence-corrected chi connectivity index (χ2v) is 19.7. The van der Waals surface area contributed by atoms with Gasteiger partial charge in [-0.1, -0.05) is 124 Å². The van der Waals surface area contributed by atoms with Crippen LogP contribution in [0, 0.1) is 41.5 Å². The zero-order valence-corrected chi connectivity index (χ0v) is 34.6. The lowest BCUT2D eigenvalue weighted by atomic mass is 9.98. The van der Waals surface area contributed by atoms with Gasteiger partial charge in [0.2, 0.25) is 14.6 Å². The summed E-state index contributed by atoms with van der Waals surface area (Å²) in [5, 5.41) is 9.60. The molecule has 5 nitrogen and oxygen atoms in total. The standard InChI is InChI=1S/C49H48N2O3P2/c1-34-12-22-40(23-13-34)50-55(52,43-26-16-36(3)17-27-43)47-30-20-38(5)32-45(47)49(54-42-10-8-7-9-11-42)46-33-39(6)21-31-48(46)56(53,44-28-18-37(4)19-29-44)51-41-24-14-35(2)15-25-41/h7-33,49H,1-6H3,(H,50,52)(H,51,53). The molecule has 0 aliphatic rings. The first-order valence-electron chi connectivity index (χ1n) is 18.9. The molecule has 0 bridgehead atoms. The van der Waals surface area contributed by atoms with E-state index in [1.54, 1.807) is 0 Å². The Morgan fingerprint density at radius 2 is 0.750 bits per heavy atom. The van der Waals surface area contributed by atoms with Gasteiger partial charge in [0.25, 0.3) is 0 Å². The van der Waals surface area contributed by atoms with E-state index >= 15 is 9.13 Å². The van der Waals surface area contributed by atoms with Gasteiger partial charge < -0.3 is 14.9 Å². The van der Waals surface area contributed by atoms with Crippen LogP contribution in [0.3, 0.4) is 0 Å². The molecule has 0 aliphatic carbocycles. The quantitative estimate of drug-likeness (QED) is 0.121. The van der Waals surface area contributed by atoms with Gasteiger partial charge in [0.05, 0.1) is 0 Å². The molecule has 7 rings (SSSR count). The summed E-state index contributed by atoms with van der Waals surface area (Å²) in [6, 6.07) is 53.5. The summed E-state index contributed by atoms with van der Waals surface area (Å²) in [4.78, 5) is 0. The second kappa shape index (κ2) is 16.2. The van der Waals surface area contributed by atoms with Gasteiger partial charge in [-0.25, -0.2) is 0 Å². The van der Waals surface area contributed by atoms with Crippen molar-refractivity contribution in [2.24, 2.45) is 0 Å². The van der Waals surface area contributed by atoms with Gasteiger partial charge in [0.1, 0.15) is 5.75 Å². The van der Waals surface area contributed by atoms with Gasteiger partial charge in [0, 0.05) is 43.7 Å². The largest absolute Gasteiger partial charge is 0.481 e. The lowest BCUT2D eigenvalue weighted by Crippen LogP contribution is -2.31. The third kappa shape index (κ3) is 8.31. The van der Waals surface area contributed by atoms with Crippen LogP contribution in [-0.4, -0.2) is 0 Å². The van der Waals surface area contributed by atoms with Gasteiger partial charge in [0.15, 0.2) is 6.10 Å². The molecule has 0 spiro atoms. The number of hydrogen-bond acceptors (Lipinski definition) is 3. The maximum absolute atomic E-state index is 16.1. The van der Waals surface area contributed by atoms with E-state index in [1.807, 2.05) is 193 Å². The minimum atomic E-state index is -3.62. The van der Waals surface area contributed by atoms with Crippen LogP contribution in [0.5, 0.6) is 5.75 Å². The summed E-state index contributed by atoms with van der Waals surface area (Å²) in [5.41, 5.74) is 9.24. The van der Waals surface area contributed by atoms with E-state index in [-0.39, 0.29) is 0 Å². The molecule has 0 saturated carbocycles. The minimum Gasteiger partial charge on any atom is -0.481 e. The van der Waals surface area contributed by atoms with Crippen molar-refractivity contribution in [3.05, 3.63) is 208 Å². The number of hydrogen-bond donors (Lipinski definition) is 2. The van der Waals surface area contributed by atoms with Crippen LogP contribution in [0.2, 0.25) is 0 Å². The normalized spacial score (nSPS) is 13.9. The van der Waals surface area contributed by atoms with Gasteiger partial charge in [-0.2, -0.15) is 0 Å². The fourth-order valence-corrected chi connectivity index (χ4v) is 11.8. The number of anilines is 2. The van der Waals surface area contributed by atoms with Crippen molar-refractivity contribution in [1.82, 2.24) is 0 Å². The van der Waals surface area contributed by atoms with Gasteiger partial charge in [-0.05, 0) is 114 Å². The van der Waals surface area contributed by atoms with E-state index < -0.39 is 20.7 Å². The number of benzene rings is 7. The van der Waals surface area contributed by atoms with Crippen molar-refractivity contribution in [2.75, 3.05) is 10.2 Å². The lowest BCUT2D eigenvalue weighted by Gasteiger charge is -2.31. The Morgan fingerprint density at radius 1 is 0.411 bits per heavy atom. The fraction of sp³-hybridized carbons (Fsp3) is 0.143. The Bertz CT molecular complexity index is 2390. The van der Waals surface area contributed by atoms with Crippen LogP contribution in [-0.2, 0) is 9.13 Å². The van der Waals surface area contributed by atoms with Crippen molar-refractivity contribution >= 4 is 47.2 Å². The predicted octanol–water partition coefficient (Wildman–Crippen LogP) is 11.4. The molecular weight excluding hydrogens is 726 g/mol. The summed E-state index contributed by atoms with van der Waals surface area (Å²) in [6.45, 7) is 12.2. The first-order valence-corrected chi connectivity index (χ1v) is 22.3. The first-order chi connectivity index (χ1) is 26.9. The van der Waals surface area contributed by atoms with Crippen LogP contribution >= 0.6 is 14.6 Å². The summed E-state index contributed by atoms with van der Waals surface area (Å²) in [5.74, 6) is 0.630. The average molecular weight is 775 g/mol. The predicted molar refractivity (Wildman–Crippen MR) is 237 cm³/mol. The summed E-state index contributed by atoms with van der Waals surface area (Å²) < 4.78 is 39.4. The van der Waals surface area contributed by atoms with Crippen molar-refractivity contribution in [3.63, 3.8) is 0 Å². The molecular formula is C49H48N2O3P2. The Labute approximate surface area is 331 Å². The summed E-state index contributed by atoms with van der Waals surface area (Å²) in [6.07, 6.45) is -0.820. The van der Waals surface area contributed by atoms with Crippen molar-refractivity contribution in [2.45, 2.75) is 47.6 Å². The van der Waals surface area contributed by atoms with Crippen LogP contribution < -0.4 is 36.1 Å². The molecule has 0 saturated heterocycles. The van der Waals surface area contributed by atoms with E-state index in [0.717, 1.165) is 55.9 Å². The second-order valence-electron chi connectivity index (χ2n) is 14.8. The Morgan fingerprint density at radius 3 is 1.12 bits per heavy atom. The van der Waals surface area contributed by atoms with Gasteiger partial charge >= 0.3 is 0 Å². The molecule has 7 heteroatoms. The third-order valence-corrected chi connectivity index (χ3v) is 15.4. The number of aryl methyl sites for hydroxylation is 6. The monoisotopic (exact) mass is 774 g/mol. The maximum atomic E-state index is 16.1. The lowest BCUT2D eigenvalue weighted by molar-refractivity contribution is 0.249. The SMILES string of the molecule is Cc1ccc(NP(=O)(c2ccc(C)cc2)c2ccc(C)cc2C(Oc2ccccc2)c2cc(C)ccc2P(=O)(Nc2ccc(C)cc2)c2ccc(C)cc2)cc1. The van der Waals surface area contributed by atoms with Crippen LogP contribution in [0.15, 0.2) is 164 Å². The highest BCUT2D eigenvalue weighted by molar-refractivity contribution is 7.80. The first kappa shape index (κ1) is 38.7. The molecule has 56 heavy (non-hydrogen) atoms. The van der Waals surface area contributed by atoms with Gasteiger partial charge in [-0.3, -0.25) is 9.13 Å². The molecule has 0 fully saturated rings. The zero-order valence-electron chi connectivity index (χ0n) is 32.8. The molecule has 0 amide bonds. The highest BCUT2D eigenvalue weighted by atomic mass is 31.2. The van der Waals surface area contributed by atoms with Crippen molar-refractivity contribution in [1.29, 1.82) is 0 Å². The Balaban J connectivity index is 1.51.